The first kappa shape index (κ1) is 17.7. The zero-order valence-electron chi connectivity index (χ0n) is 16.2. The van der Waals surface area contributed by atoms with E-state index >= 15 is 0 Å². The van der Waals surface area contributed by atoms with Crippen molar-refractivity contribution in [3.8, 4) is 0 Å². The highest BCUT2D eigenvalue weighted by atomic mass is 19.1. The molecule has 2 heterocycles. The number of hydrogen-bond acceptors (Lipinski definition) is 1. The van der Waals surface area contributed by atoms with Crippen LogP contribution in [-0.2, 0) is 6.42 Å². The van der Waals surface area contributed by atoms with Crippen LogP contribution in [0.4, 0.5) is 4.39 Å². The Morgan fingerprint density at radius 2 is 1.83 bits per heavy atom. The largest absolute Gasteiger partial charge is 0.356 e. The monoisotopic (exact) mass is 384 g/mol. The van der Waals surface area contributed by atoms with Crippen molar-refractivity contribution in [2.75, 3.05) is 6.54 Å². The molecular formula is C25H21FN2O. The zero-order chi connectivity index (χ0) is 20.0. The van der Waals surface area contributed by atoms with Crippen molar-refractivity contribution in [2.24, 2.45) is 0 Å². The number of nitrogens with one attached hydrogen (secondary N) is 1. The Balaban J connectivity index is 1.66. The van der Waals surface area contributed by atoms with E-state index in [0.717, 1.165) is 28.8 Å². The Morgan fingerprint density at radius 1 is 1.03 bits per heavy atom. The predicted octanol–water partition coefficient (Wildman–Crippen LogP) is 5.40. The van der Waals surface area contributed by atoms with Gasteiger partial charge in [-0.25, -0.2) is 4.39 Å². The van der Waals surface area contributed by atoms with Gasteiger partial charge >= 0.3 is 0 Å². The third-order valence-electron chi connectivity index (χ3n) is 5.75. The van der Waals surface area contributed by atoms with Gasteiger partial charge in [0.05, 0.1) is 6.04 Å². The van der Waals surface area contributed by atoms with Crippen molar-refractivity contribution >= 4 is 16.8 Å². The lowest BCUT2D eigenvalue weighted by Crippen LogP contribution is -2.40. The molecule has 5 rings (SSSR count). The maximum absolute atomic E-state index is 13.6. The summed E-state index contributed by atoms with van der Waals surface area (Å²) in [7, 11) is 0. The maximum atomic E-state index is 13.6. The fourth-order valence-corrected chi connectivity index (χ4v) is 4.40. The fourth-order valence-electron chi connectivity index (χ4n) is 4.40. The molecule has 0 aliphatic carbocycles. The molecule has 3 nitrogen and oxygen atoms in total. The summed E-state index contributed by atoms with van der Waals surface area (Å²) in [4.78, 5) is 18.9. The number of H-pyrrole nitrogens is 1. The van der Waals surface area contributed by atoms with Gasteiger partial charge < -0.3 is 9.88 Å². The summed E-state index contributed by atoms with van der Waals surface area (Å²) in [6.45, 7) is 2.60. The van der Waals surface area contributed by atoms with Gasteiger partial charge in [-0.2, -0.15) is 0 Å². The van der Waals surface area contributed by atoms with Crippen LogP contribution in [0.25, 0.3) is 10.9 Å². The van der Waals surface area contributed by atoms with E-state index in [9.17, 15) is 9.18 Å². The topological polar surface area (TPSA) is 36.1 Å². The van der Waals surface area contributed by atoms with Crippen molar-refractivity contribution < 1.29 is 9.18 Å². The number of aryl methyl sites for hydroxylation is 1. The molecular weight excluding hydrogens is 363 g/mol. The molecule has 1 amide bonds. The number of benzene rings is 3. The maximum Gasteiger partial charge on any atom is 0.254 e. The van der Waals surface area contributed by atoms with E-state index in [1.165, 1.54) is 23.1 Å². The second-order valence-electron chi connectivity index (χ2n) is 7.63. The average molecular weight is 384 g/mol. The van der Waals surface area contributed by atoms with Crippen molar-refractivity contribution in [2.45, 2.75) is 19.4 Å². The molecule has 0 saturated heterocycles. The van der Waals surface area contributed by atoms with Crippen molar-refractivity contribution in [1.29, 1.82) is 0 Å². The molecule has 3 aromatic carbocycles. The SMILES string of the molecule is Cc1cccc(C(=O)N2CCc3c([nH]c4ccccc34)[C@H]2c2ccc(F)cc2)c1. The number of nitrogens with zero attached hydrogens (tertiary/aromatic N) is 1. The Morgan fingerprint density at radius 3 is 2.62 bits per heavy atom. The van der Waals surface area contributed by atoms with Gasteiger partial charge in [0, 0.05) is 28.7 Å². The Kier molecular flexibility index (Phi) is 4.20. The van der Waals surface area contributed by atoms with Gasteiger partial charge in [0.2, 0.25) is 0 Å². The van der Waals surface area contributed by atoms with Crippen LogP contribution < -0.4 is 0 Å². The molecule has 1 aliphatic rings. The third-order valence-corrected chi connectivity index (χ3v) is 5.75. The van der Waals surface area contributed by atoms with Gasteiger partial charge in [-0.3, -0.25) is 4.79 Å². The summed E-state index contributed by atoms with van der Waals surface area (Å²) < 4.78 is 13.6. The van der Waals surface area contributed by atoms with Crippen LogP contribution in [0, 0.1) is 12.7 Å². The standard InChI is InChI=1S/C25H21FN2O/c1-16-5-4-6-18(15-16)25(29)28-14-13-21-20-7-2-3-8-22(20)27-23(21)24(28)17-9-11-19(26)12-10-17/h2-12,15,24,27H,13-14H2,1H3/t24-/m1/s1. The molecule has 1 atom stereocenters. The molecule has 0 radical (unpaired) electrons. The Bertz CT molecular complexity index is 1210. The fraction of sp³-hybridized carbons (Fsp3) is 0.160. The van der Waals surface area contributed by atoms with E-state index in [2.05, 4.69) is 17.1 Å². The number of para-hydroxylation sites is 1. The van der Waals surface area contributed by atoms with E-state index < -0.39 is 0 Å². The molecule has 0 spiro atoms. The quantitative estimate of drug-likeness (QED) is 0.493. The summed E-state index contributed by atoms with van der Waals surface area (Å²) >= 11 is 0. The molecule has 0 fully saturated rings. The average Bonchev–Trinajstić information content (AvgIpc) is 3.12. The summed E-state index contributed by atoms with van der Waals surface area (Å²) in [6, 6.07) is 22.1. The summed E-state index contributed by atoms with van der Waals surface area (Å²) in [6.07, 6.45) is 0.786. The van der Waals surface area contributed by atoms with Crippen molar-refractivity contribution in [1.82, 2.24) is 9.88 Å². The number of hydrogen-bond donors (Lipinski definition) is 1. The second-order valence-corrected chi connectivity index (χ2v) is 7.63. The van der Waals surface area contributed by atoms with E-state index in [1.54, 1.807) is 12.1 Å². The highest BCUT2D eigenvalue weighted by molar-refractivity contribution is 5.95. The first-order valence-corrected chi connectivity index (χ1v) is 9.84. The van der Waals surface area contributed by atoms with E-state index in [-0.39, 0.29) is 17.8 Å². The predicted molar refractivity (Wildman–Crippen MR) is 112 cm³/mol. The van der Waals surface area contributed by atoms with Gasteiger partial charge in [0.1, 0.15) is 5.82 Å². The van der Waals surface area contributed by atoms with Crippen LogP contribution in [-0.4, -0.2) is 22.3 Å². The number of halogens is 1. The van der Waals surface area contributed by atoms with Gasteiger partial charge in [0.25, 0.3) is 5.91 Å². The smallest absolute Gasteiger partial charge is 0.254 e. The van der Waals surface area contributed by atoms with Crippen LogP contribution in [0.2, 0.25) is 0 Å². The van der Waals surface area contributed by atoms with Crippen LogP contribution in [0.15, 0.2) is 72.8 Å². The van der Waals surface area contributed by atoms with Crippen molar-refractivity contribution in [3.63, 3.8) is 0 Å². The minimum atomic E-state index is -0.280. The minimum Gasteiger partial charge on any atom is -0.356 e. The number of aromatic nitrogens is 1. The third kappa shape index (κ3) is 3.01. The van der Waals surface area contributed by atoms with E-state index in [1.807, 2.05) is 48.2 Å². The van der Waals surface area contributed by atoms with E-state index in [0.29, 0.717) is 12.1 Å². The van der Waals surface area contributed by atoms with Crippen LogP contribution in [0.1, 0.15) is 38.8 Å². The summed E-state index contributed by atoms with van der Waals surface area (Å²) in [5.41, 5.74) is 5.96. The lowest BCUT2D eigenvalue weighted by molar-refractivity contribution is 0.0692. The van der Waals surface area contributed by atoms with Gasteiger partial charge in [0.15, 0.2) is 0 Å². The van der Waals surface area contributed by atoms with Crippen LogP contribution in [0.5, 0.6) is 0 Å². The number of amides is 1. The van der Waals surface area contributed by atoms with Gasteiger partial charge in [-0.15, -0.1) is 0 Å². The number of fused-ring (bicyclic) bond motifs is 3. The molecule has 29 heavy (non-hydrogen) atoms. The van der Waals surface area contributed by atoms with Crippen LogP contribution in [0.3, 0.4) is 0 Å². The van der Waals surface area contributed by atoms with Crippen molar-refractivity contribution in [3.05, 3.63) is 107 Å². The lowest BCUT2D eigenvalue weighted by Gasteiger charge is -2.36. The number of carbonyl (C=O) groups excluding carboxylic acids is 1. The molecule has 4 aromatic rings. The van der Waals surface area contributed by atoms with E-state index in [4.69, 9.17) is 0 Å². The second kappa shape index (κ2) is 6.89. The highest BCUT2D eigenvalue weighted by Crippen LogP contribution is 2.39. The molecule has 1 N–H and O–H groups in total. The summed E-state index contributed by atoms with van der Waals surface area (Å²) in [5.74, 6) is -0.287. The number of aromatic amines is 1. The molecule has 1 aliphatic heterocycles. The first-order valence-electron chi connectivity index (χ1n) is 9.84. The molecule has 144 valence electrons. The number of rotatable bonds is 2. The molecule has 0 bridgehead atoms. The first-order chi connectivity index (χ1) is 14.1. The highest BCUT2D eigenvalue weighted by Gasteiger charge is 2.34. The normalized spacial score (nSPS) is 16.1. The number of carbonyl (C=O) groups is 1. The summed E-state index contributed by atoms with van der Waals surface area (Å²) in [5, 5.41) is 1.19. The van der Waals surface area contributed by atoms with Gasteiger partial charge in [-0.05, 0) is 54.8 Å². The lowest BCUT2D eigenvalue weighted by atomic mass is 9.91. The molecule has 0 saturated carbocycles. The zero-order valence-corrected chi connectivity index (χ0v) is 16.2. The Hall–Kier alpha value is -3.40. The minimum absolute atomic E-state index is 0.00710. The van der Waals surface area contributed by atoms with Gasteiger partial charge in [-0.1, -0.05) is 48.0 Å². The van der Waals surface area contributed by atoms with Crippen LogP contribution >= 0.6 is 0 Å². The Labute approximate surface area is 168 Å². The molecule has 4 heteroatoms. The molecule has 1 aromatic heterocycles. The molecule has 0 unspecified atom stereocenters.